The molecule has 4 heteroatoms. The molecule has 1 aromatic heterocycles. The summed E-state index contributed by atoms with van der Waals surface area (Å²) in [6, 6.07) is 23.4. The summed E-state index contributed by atoms with van der Waals surface area (Å²) in [4.78, 5) is 6.85. The minimum absolute atomic E-state index is 0.143. The first-order valence-electron chi connectivity index (χ1n) is 9.94. The lowest BCUT2D eigenvalue weighted by molar-refractivity contribution is 0.485. The smallest absolute Gasteiger partial charge is 0.257 e. The van der Waals surface area contributed by atoms with E-state index < -0.39 is 0 Å². The molecule has 0 fully saturated rings. The molecule has 0 N–H and O–H groups in total. The van der Waals surface area contributed by atoms with Crippen molar-refractivity contribution in [3.05, 3.63) is 90.3 Å². The van der Waals surface area contributed by atoms with Crippen LogP contribution < -0.4 is 26.0 Å². The van der Waals surface area contributed by atoms with Gasteiger partial charge in [0.2, 0.25) is 0 Å². The van der Waals surface area contributed by atoms with Crippen molar-refractivity contribution in [2.24, 2.45) is 0 Å². The highest BCUT2D eigenvalue weighted by atomic mass is 16.5. The van der Waals surface area contributed by atoms with Gasteiger partial charge in [0, 0.05) is 16.8 Å². The van der Waals surface area contributed by atoms with Crippen LogP contribution in [0.1, 0.15) is 11.1 Å². The largest absolute Gasteiger partial charge is 0.457 e. The van der Waals surface area contributed by atoms with Gasteiger partial charge in [-0.15, -0.1) is 0 Å². The quantitative estimate of drug-likeness (QED) is 0.405. The van der Waals surface area contributed by atoms with Crippen LogP contribution in [-0.4, -0.2) is 11.7 Å². The molecule has 0 aliphatic carbocycles. The van der Waals surface area contributed by atoms with Gasteiger partial charge in [-0.05, 0) is 49.0 Å². The van der Waals surface area contributed by atoms with Gasteiger partial charge in [-0.25, -0.2) is 0 Å². The second-order valence-electron chi connectivity index (χ2n) is 7.77. The lowest BCUT2D eigenvalue weighted by Gasteiger charge is -2.40. The number of para-hydroxylation sites is 1. The van der Waals surface area contributed by atoms with Gasteiger partial charge in [-0.3, -0.25) is 4.98 Å². The van der Waals surface area contributed by atoms with Crippen molar-refractivity contribution in [3.63, 3.8) is 0 Å². The maximum Gasteiger partial charge on any atom is 0.257 e. The number of hydrogen-bond donors (Lipinski definition) is 0. The molecular formula is C25H19BN2O. The van der Waals surface area contributed by atoms with Gasteiger partial charge in [0.15, 0.2) is 0 Å². The van der Waals surface area contributed by atoms with E-state index in [-0.39, 0.29) is 6.71 Å². The highest BCUT2D eigenvalue weighted by Crippen LogP contribution is 2.40. The van der Waals surface area contributed by atoms with Crippen molar-refractivity contribution in [1.82, 2.24) is 4.98 Å². The number of hydrogen-bond acceptors (Lipinski definition) is 3. The Labute approximate surface area is 170 Å². The Bertz CT molecular complexity index is 1250. The van der Waals surface area contributed by atoms with Crippen molar-refractivity contribution in [2.75, 3.05) is 4.90 Å². The lowest BCUT2D eigenvalue weighted by Crippen LogP contribution is -2.61. The highest BCUT2D eigenvalue weighted by molar-refractivity contribution is 6.99. The van der Waals surface area contributed by atoms with E-state index in [9.17, 15) is 0 Å². The summed E-state index contributed by atoms with van der Waals surface area (Å²) in [6.07, 6.45) is 3.82. The summed E-state index contributed by atoms with van der Waals surface area (Å²) in [6.45, 7) is 4.53. The summed E-state index contributed by atoms with van der Waals surface area (Å²) < 4.78 is 6.35. The zero-order chi connectivity index (χ0) is 19.5. The van der Waals surface area contributed by atoms with Gasteiger partial charge >= 0.3 is 0 Å². The third-order valence-corrected chi connectivity index (χ3v) is 6.10. The molecule has 4 aromatic rings. The molecule has 0 saturated heterocycles. The highest BCUT2D eigenvalue weighted by Gasteiger charge is 2.43. The fourth-order valence-corrected chi connectivity index (χ4v) is 4.88. The molecule has 6 rings (SSSR count). The number of ether oxygens (including phenoxy) is 1. The third-order valence-electron chi connectivity index (χ3n) is 6.10. The van der Waals surface area contributed by atoms with Crippen molar-refractivity contribution in [1.29, 1.82) is 0 Å². The molecule has 0 atom stereocenters. The second kappa shape index (κ2) is 5.98. The molecule has 29 heavy (non-hydrogen) atoms. The molecular weight excluding hydrogens is 355 g/mol. The molecule has 0 bridgehead atoms. The van der Waals surface area contributed by atoms with Crippen LogP contribution in [0.2, 0.25) is 0 Å². The molecule has 0 saturated carbocycles. The minimum Gasteiger partial charge on any atom is -0.457 e. The van der Waals surface area contributed by atoms with Crippen molar-refractivity contribution in [3.8, 4) is 11.5 Å². The van der Waals surface area contributed by atoms with E-state index in [2.05, 4.69) is 90.5 Å². The zero-order valence-electron chi connectivity index (χ0n) is 16.4. The number of nitrogens with zero attached hydrogens (tertiary/aromatic N) is 2. The number of aromatic nitrogens is 1. The van der Waals surface area contributed by atoms with Crippen molar-refractivity contribution in [2.45, 2.75) is 13.8 Å². The van der Waals surface area contributed by atoms with Gasteiger partial charge in [-0.2, -0.15) is 0 Å². The monoisotopic (exact) mass is 374 g/mol. The van der Waals surface area contributed by atoms with Gasteiger partial charge in [0.25, 0.3) is 6.71 Å². The fraction of sp³-hybridized carbons (Fsp3) is 0.0800. The average molecular weight is 374 g/mol. The first-order valence-corrected chi connectivity index (χ1v) is 9.94. The molecule has 138 valence electrons. The van der Waals surface area contributed by atoms with Crippen LogP contribution >= 0.6 is 0 Å². The van der Waals surface area contributed by atoms with Crippen LogP contribution in [0, 0.1) is 13.8 Å². The molecule has 2 aliphatic rings. The molecule has 3 heterocycles. The van der Waals surface area contributed by atoms with Crippen LogP contribution in [0.15, 0.2) is 79.1 Å². The Morgan fingerprint density at radius 2 is 1.45 bits per heavy atom. The van der Waals surface area contributed by atoms with Crippen LogP contribution in [0.5, 0.6) is 11.5 Å². The number of fused-ring (bicyclic) bond motifs is 4. The Balaban J connectivity index is 1.74. The summed E-state index contributed by atoms with van der Waals surface area (Å²) in [7, 11) is 0. The number of aryl methyl sites for hydroxylation is 2. The Morgan fingerprint density at radius 3 is 2.28 bits per heavy atom. The first-order chi connectivity index (χ1) is 14.2. The normalized spacial score (nSPS) is 13.3. The molecule has 0 unspecified atom stereocenters. The maximum absolute atomic E-state index is 6.35. The Kier molecular flexibility index (Phi) is 3.39. The fourth-order valence-electron chi connectivity index (χ4n) is 4.88. The minimum atomic E-state index is 0.143. The number of benzene rings is 3. The first kappa shape index (κ1) is 16.4. The van der Waals surface area contributed by atoms with Gasteiger partial charge in [-0.1, -0.05) is 53.6 Å². The Hall–Kier alpha value is -3.53. The summed E-state index contributed by atoms with van der Waals surface area (Å²) >= 11 is 0. The lowest BCUT2D eigenvalue weighted by atomic mass is 9.33. The molecule has 0 amide bonds. The second-order valence-corrected chi connectivity index (χ2v) is 7.77. The van der Waals surface area contributed by atoms with Gasteiger partial charge in [0.1, 0.15) is 11.5 Å². The van der Waals surface area contributed by atoms with Gasteiger partial charge in [0.05, 0.1) is 18.1 Å². The van der Waals surface area contributed by atoms with E-state index >= 15 is 0 Å². The van der Waals surface area contributed by atoms with Crippen LogP contribution in [-0.2, 0) is 0 Å². The SMILES string of the molecule is Cc1cccc2c1B1c3c(C)cccc3N(c3ccccc3)c3cncc(c31)O2. The van der Waals surface area contributed by atoms with Crippen molar-refractivity contribution >= 4 is 40.2 Å². The van der Waals surface area contributed by atoms with E-state index in [0.717, 1.165) is 22.9 Å². The zero-order valence-corrected chi connectivity index (χ0v) is 16.4. The number of rotatable bonds is 1. The number of anilines is 3. The average Bonchev–Trinajstić information content (AvgIpc) is 2.74. The topological polar surface area (TPSA) is 25.4 Å². The van der Waals surface area contributed by atoms with Crippen LogP contribution in [0.4, 0.5) is 17.1 Å². The molecule has 2 aliphatic heterocycles. The number of pyridine rings is 1. The van der Waals surface area contributed by atoms with E-state index in [4.69, 9.17) is 4.74 Å². The van der Waals surface area contributed by atoms with Crippen LogP contribution in [0.3, 0.4) is 0 Å². The standard InChI is InChI=1S/C25H19BN2O/c1-16-8-6-12-19-23(16)26-24-17(2)9-7-13-21(24)29-22-15-27-14-20(25(22)26)28(19)18-10-4-3-5-11-18/h3-15H,1-2H3. The van der Waals surface area contributed by atoms with E-state index in [1.54, 1.807) is 0 Å². The maximum atomic E-state index is 6.35. The third kappa shape index (κ3) is 2.23. The summed E-state index contributed by atoms with van der Waals surface area (Å²) in [5, 5.41) is 0. The molecule has 3 nitrogen and oxygen atoms in total. The predicted molar refractivity (Wildman–Crippen MR) is 120 cm³/mol. The van der Waals surface area contributed by atoms with E-state index in [1.807, 2.05) is 12.4 Å². The van der Waals surface area contributed by atoms with Crippen molar-refractivity contribution < 1.29 is 4.74 Å². The summed E-state index contributed by atoms with van der Waals surface area (Å²) in [5.74, 6) is 1.78. The molecule has 3 aromatic carbocycles. The van der Waals surface area contributed by atoms with E-state index in [1.165, 1.54) is 33.2 Å². The molecule has 0 spiro atoms. The predicted octanol–water partition coefficient (Wildman–Crippen LogP) is 4.10. The summed E-state index contributed by atoms with van der Waals surface area (Å²) in [5.41, 5.74) is 9.78. The van der Waals surface area contributed by atoms with Gasteiger partial charge < -0.3 is 9.64 Å². The van der Waals surface area contributed by atoms with E-state index in [0.29, 0.717) is 0 Å². The molecule has 0 radical (unpaired) electrons. The van der Waals surface area contributed by atoms with Crippen LogP contribution in [0.25, 0.3) is 0 Å². The Morgan fingerprint density at radius 1 is 0.690 bits per heavy atom.